The number of likely N-dealkylation sites (tertiary alicyclic amines) is 1. The highest BCUT2D eigenvalue weighted by Crippen LogP contribution is 2.42. The van der Waals surface area contributed by atoms with Crippen LogP contribution in [0.1, 0.15) is 48.0 Å². The van der Waals surface area contributed by atoms with Gasteiger partial charge in [0.15, 0.2) is 0 Å². The molecule has 26 heavy (non-hydrogen) atoms. The van der Waals surface area contributed by atoms with Crippen LogP contribution >= 0.6 is 0 Å². The molecule has 0 aliphatic carbocycles. The van der Waals surface area contributed by atoms with Gasteiger partial charge in [-0.1, -0.05) is 12.2 Å². The molecule has 0 saturated carbocycles. The van der Waals surface area contributed by atoms with Crippen molar-refractivity contribution in [1.82, 2.24) is 4.90 Å². The van der Waals surface area contributed by atoms with E-state index in [1.165, 1.54) is 12.0 Å². The van der Waals surface area contributed by atoms with Crippen molar-refractivity contribution in [2.75, 3.05) is 13.7 Å². The van der Waals surface area contributed by atoms with Gasteiger partial charge in [0, 0.05) is 17.9 Å². The van der Waals surface area contributed by atoms with Crippen LogP contribution in [-0.2, 0) is 23.8 Å². The van der Waals surface area contributed by atoms with Gasteiger partial charge in [-0.3, -0.25) is 9.69 Å². The maximum Gasteiger partial charge on any atom is 0.411 e. The molecule has 0 N–H and O–H groups in total. The first kappa shape index (κ1) is 22.0. The molecule has 1 aliphatic rings. The van der Waals surface area contributed by atoms with E-state index in [2.05, 4.69) is 6.58 Å². The number of carbonyl (C=O) groups excluding carboxylic acids is 3. The van der Waals surface area contributed by atoms with E-state index in [0.29, 0.717) is 0 Å². The van der Waals surface area contributed by atoms with Gasteiger partial charge in [-0.15, -0.1) is 0 Å². The maximum atomic E-state index is 12.8. The number of ether oxygens (including phenoxy) is 3. The van der Waals surface area contributed by atoms with Gasteiger partial charge in [-0.2, -0.15) is 0 Å². The Morgan fingerprint density at radius 2 is 1.77 bits per heavy atom. The second-order valence-electron chi connectivity index (χ2n) is 7.64. The molecule has 1 saturated heterocycles. The fourth-order valence-corrected chi connectivity index (χ4v) is 3.59. The Morgan fingerprint density at radius 3 is 2.19 bits per heavy atom. The lowest BCUT2D eigenvalue weighted by Gasteiger charge is -2.31. The zero-order chi connectivity index (χ0) is 20.2. The predicted molar refractivity (Wildman–Crippen MR) is 96.4 cm³/mol. The number of hydrogen-bond donors (Lipinski definition) is 0. The van der Waals surface area contributed by atoms with E-state index in [0.717, 1.165) is 5.57 Å². The van der Waals surface area contributed by atoms with Crippen LogP contribution in [0.2, 0.25) is 0 Å². The van der Waals surface area contributed by atoms with Gasteiger partial charge in [-0.05, 0) is 41.5 Å². The Morgan fingerprint density at radius 1 is 1.19 bits per heavy atom. The van der Waals surface area contributed by atoms with Gasteiger partial charge in [0.25, 0.3) is 0 Å². The van der Waals surface area contributed by atoms with Crippen molar-refractivity contribution in [1.29, 1.82) is 0 Å². The highest BCUT2D eigenvalue weighted by atomic mass is 16.6. The smallest absolute Gasteiger partial charge is 0.411 e. The lowest BCUT2D eigenvalue weighted by atomic mass is 9.81. The average Bonchev–Trinajstić information content (AvgIpc) is 2.78. The van der Waals surface area contributed by atoms with Gasteiger partial charge in [0.1, 0.15) is 11.6 Å². The standard InChI is InChI=1S/C19H31NO6/c1-9-25-17(22)16-13(10-14(21)24-8)15(11(2)3)12(4)20(16)18(23)26-19(5,6)7/h12-13,15-16H,2,9-10H2,1,3-8H3/t12-,13-,15-,16-/m0/s1. The quantitative estimate of drug-likeness (QED) is 0.421. The molecule has 0 bridgehead atoms. The molecule has 0 aromatic rings. The van der Waals surface area contributed by atoms with Crippen LogP contribution in [0.3, 0.4) is 0 Å². The number of carbonyl (C=O) groups is 3. The van der Waals surface area contributed by atoms with Crippen LogP contribution < -0.4 is 0 Å². The predicted octanol–water partition coefficient (Wildman–Crippen LogP) is 2.93. The summed E-state index contributed by atoms with van der Waals surface area (Å²) in [6.07, 6.45) is -0.622. The minimum Gasteiger partial charge on any atom is -0.469 e. The van der Waals surface area contributed by atoms with E-state index in [4.69, 9.17) is 14.2 Å². The molecule has 0 radical (unpaired) electrons. The number of hydrogen-bond acceptors (Lipinski definition) is 6. The second-order valence-corrected chi connectivity index (χ2v) is 7.64. The third-order valence-corrected chi connectivity index (χ3v) is 4.46. The molecule has 0 aromatic carbocycles. The topological polar surface area (TPSA) is 82.1 Å². The summed E-state index contributed by atoms with van der Waals surface area (Å²) in [5, 5.41) is 0. The summed E-state index contributed by atoms with van der Waals surface area (Å²) >= 11 is 0. The molecule has 4 atom stereocenters. The van der Waals surface area contributed by atoms with Crippen LogP contribution in [0.15, 0.2) is 12.2 Å². The SMILES string of the molecule is C=C(C)[C@@H]1[C@H](CC(=O)OC)[C@@H](C(=O)OCC)N(C(=O)OC(C)(C)C)[C@H]1C. The van der Waals surface area contributed by atoms with Crippen LogP contribution in [0.25, 0.3) is 0 Å². The molecule has 1 aliphatic heterocycles. The number of rotatable bonds is 5. The number of nitrogens with zero attached hydrogens (tertiary/aromatic N) is 1. The molecule has 1 heterocycles. The molecule has 1 fully saturated rings. The summed E-state index contributed by atoms with van der Waals surface area (Å²) in [7, 11) is 1.29. The van der Waals surface area contributed by atoms with E-state index in [-0.39, 0.29) is 25.0 Å². The van der Waals surface area contributed by atoms with E-state index in [9.17, 15) is 14.4 Å². The summed E-state index contributed by atoms with van der Waals surface area (Å²) in [5.41, 5.74) is 0.0709. The molecule has 1 amide bonds. The van der Waals surface area contributed by atoms with Crippen LogP contribution in [0, 0.1) is 11.8 Å². The zero-order valence-corrected chi connectivity index (χ0v) is 16.8. The molecular formula is C19H31NO6. The number of methoxy groups -OCH3 is 1. The zero-order valence-electron chi connectivity index (χ0n) is 16.8. The third kappa shape index (κ3) is 4.99. The Kier molecular flexibility index (Phi) is 7.24. The van der Waals surface area contributed by atoms with Crippen LogP contribution in [0.5, 0.6) is 0 Å². The molecule has 0 aromatic heterocycles. The lowest BCUT2D eigenvalue weighted by molar-refractivity contribution is -0.151. The van der Waals surface area contributed by atoms with Crippen molar-refractivity contribution in [2.24, 2.45) is 11.8 Å². The van der Waals surface area contributed by atoms with Crippen molar-refractivity contribution in [3.05, 3.63) is 12.2 Å². The summed E-state index contributed by atoms with van der Waals surface area (Å²) in [6, 6.07) is -1.30. The summed E-state index contributed by atoms with van der Waals surface area (Å²) in [5.74, 6) is -1.74. The summed E-state index contributed by atoms with van der Waals surface area (Å²) in [6.45, 7) is 14.8. The van der Waals surface area contributed by atoms with Crippen molar-refractivity contribution in [3.8, 4) is 0 Å². The van der Waals surface area contributed by atoms with Gasteiger partial charge in [-0.25, -0.2) is 9.59 Å². The Bertz CT molecular complexity index is 565. The van der Waals surface area contributed by atoms with E-state index >= 15 is 0 Å². The number of amides is 1. The van der Waals surface area contributed by atoms with E-state index in [1.807, 2.05) is 13.8 Å². The highest BCUT2D eigenvalue weighted by molar-refractivity contribution is 5.84. The molecule has 1 rings (SSSR count). The maximum absolute atomic E-state index is 12.8. The van der Waals surface area contributed by atoms with Crippen molar-refractivity contribution >= 4 is 18.0 Å². The Labute approximate surface area is 155 Å². The minimum atomic E-state index is -0.930. The molecule has 7 nitrogen and oxygen atoms in total. The molecule has 0 spiro atoms. The fourth-order valence-electron chi connectivity index (χ4n) is 3.59. The first-order valence-corrected chi connectivity index (χ1v) is 8.84. The minimum absolute atomic E-state index is 0.0128. The van der Waals surface area contributed by atoms with E-state index in [1.54, 1.807) is 27.7 Å². The third-order valence-electron chi connectivity index (χ3n) is 4.46. The van der Waals surface area contributed by atoms with Crippen LogP contribution in [0.4, 0.5) is 4.79 Å². The monoisotopic (exact) mass is 369 g/mol. The lowest BCUT2D eigenvalue weighted by Crippen LogP contribution is -2.48. The largest absolute Gasteiger partial charge is 0.469 e. The number of esters is 2. The van der Waals surface area contributed by atoms with Crippen molar-refractivity contribution in [2.45, 2.75) is 65.6 Å². The van der Waals surface area contributed by atoms with E-state index < -0.39 is 35.6 Å². The Hall–Kier alpha value is -2.05. The first-order valence-electron chi connectivity index (χ1n) is 8.84. The summed E-state index contributed by atoms with van der Waals surface area (Å²) < 4.78 is 15.5. The molecule has 148 valence electrons. The normalized spacial score (nSPS) is 25.6. The highest BCUT2D eigenvalue weighted by Gasteiger charge is 2.54. The average molecular weight is 369 g/mol. The fraction of sp³-hybridized carbons (Fsp3) is 0.737. The van der Waals surface area contributed by atoms with Gasteiger partial charge < -0.3 is 14.2 Å². The molecular weight excluding hydrogens is 338 g/mol. The summed E-state index contributed by atoms with van der Waals surface area (Å²) in [4.78, 5) is 38.8. The van der Waals surface area contributed by atoms with Crippen molar-refractivity contribution < 1.29 is 28.6 Å². The molecule has 0 unspecified atom stereocenters. The van der Waals surface area contributed by atoms with Gasteiger partial charge in [0.2, 0.25) is 0 Å². The van der Waals surface area contributed by atoms with Gasteiger partial charge in [0.05, 0.1) is 20.1 Å². The van der Waals surface area contributed by atoms with Crippen LogP contribution in [-0.4, -0.2) is 54.3 Å². The Balaban J connectivity index is 3.34. The van der Waals surface area contributed by atoms with Gasteiger partial charge >= 0.3 is 18.0 Å². The first-order chi connectivity index (χ1) is 11.9. The molecule has 7 heteroatoms. The second kappa shape index (κ2) is 8.56. The van der Waals surface area contributed by atoms with Crippen molar-refractivity contribution in [3.63, 3.8) is 0 Å².